The number of rotatable bonds is 4. The fraction of sp³-hybridized carbons (Fsp3) is 0.267. The molecule has 0 saturated carbocycles. The third kappa shape index (κ3) is 2.50. The maximum Gasteiger partial charge on any atom is 0.159 e. The third-order valence-corrected chi connectivity index (χ3v) is 3.00. The van der Waals surface area contributed by atoms with E-state index in [2.05, 4.69) is 10.9 Å². The van der Waals surface area contributed by atoms with E-state index in [0.29, 0.717) is 23.6 Å². The predicted octanol–water partition coefficient (Wildman–Crippen LogP) is 3.00. The molecule has 3 nitrogen and oxygen atoms in total. The fourth-order valence-electron chi connectivity index (χ4n) is 2.05. The topological polar surface area (TPSA) is 43.8 Å². The molecule has 2 rings (SSSR count). The van der Waals surface area contributed by atoms with Crippen molar-refractivity contribution >= 4 is 5.82 Å². The van der Waals surface area contributed by atoms with E-state index in [1.807, 2.05) is 6.92 Å². The van der Waals surface area contributed by atoms with Crippen LogP contribution in [0.25, 0.3) is 11.3 Å². The molecule has 2 aromatic rings. The lowest BCUT2D eigenvalue weighted by Crippen LogP contribution is -2.06. The van der Waals surface area contributed by atoms with E-state index in [1.165, 1.54) is 6.07 Å². The molecular formula is C15H15F2N3. The first-order chi connectivity index (χ1) is 9.58. The zero-order valence-electron chi connectivity index (χ0n) is 11.2. The van der Waals surface area contributed by atoms with Gasteiger partial charge in [0, 0.05) is 12.0 Å². The molecule has 0 unspecified atom stereocenters. The minimum absolute atomic E-state index is 0.303. The van der Waals surface area contributed by atoms with Gasteiger partial charge in [-0.2, -0.15) is 0 Å². The number of terminal acetylenes is 1. The van der Waals surface area contributed by atoms with Crippen LogP contribution in [-0.2, 0) is 13.0 Å². The Morgan fingerprint density at radius 2 is 2.10 bits per heavy atom. The molecule has 1 aromatic heterocycles. The number of nitrogens with two attached hydrogens (primary N) is 1. The molecule has 0 aliphatic carbocycles. The maximum atomic E-state index is 13.3. The lowest BCUT2D eigenvalue weighted by atomic mass is 10.1. The monoisotopic (exact) mass is 275 g/mol. The largest absolute Gasteiger partial charge is 0.383 e. The zero-order valence-corrected chi connectivity index (χ0v) is 11.2. The second-order valence-corrected chi connectivity index (χ2v) is 4.43. The summed E-state index contributed by atoms with van der Waals surface area (Å²) in [7, 11) is 0. The van der Waals surface area contributed by atoms with Gasteiger partial charge in [-0.25, -0.2) is 13.8 Å². The number of nitrogens with zero attached hydrogens (tertiary/aromatic N) is 2. The van der Waals surface area contributed by atoms with E-state index >= 15 is 0 Å². The first-order valence-corrected chi connectivity index (χ1v) is 6.32. The number of benzene rings is 1. The highest BCUT2D eigenvalue weighted by atomic mass is 19.2. The summed E-state index contributed by atoms with van der Waals surface area (Å²) in [5, 5.41) is 0. The Morgan fingerprint density at radius 1 is 1.35 bits per heavy atom. The Labute approximate surface area is 116 Å². The van der Waals surface area contributed by atoms with Crippen LogP contribution in [0, 0.1) is 24.0 Å². The lowest BCUT2D eigenvalue weighted by Gasteiger charge is -2.05. The van der Waals surface area contributed by atoms with Gasteiger partial charge < -0.3 is 10.3 Å². The quantitative estimate of drug-likeness (QED) is 0.872. The van der Waals surface area contributed by atoms with Gasteiger partial charge in [0.05, 0.1) is 6.54 Å². The van der Waals surface area contributed by atoms with Gasteiger partial charge in [-0.15, -0.1) is 6.42 Å². The summed E-state index contributed by atoms with van der Waals surface area (Å²) in [6.45, 7) is 2.32. The molecule has 0 saturated heterocycles. The molecule has 5 heteroatoms. The van der Waals surface area contributed by atoms with Crippen molar-refractivity contribution in [2.24, 2.45) is 0 Å². The molecule has 0 radical (unpaired) electrons. The zero-order chi connectivity index (χ0) is 14.7. The average Bonchev–Trinajstić information content (AvgIpc) is 2.72. The molecule has 0 aliphatic heterocycles. The molecular weight excluding hydrogens is 260 g/mol. The maximum absolute atomic E-state index is 13.3. The van der Waals surface area contributed by atoms with Crippen molar-refractivity contribution < 1.29 is 8.78 Å². The van der Waals surface area contributed by atoms with Crippen LogP contribution in [0.1, 0.15) is 19.2 Å². The molecule has 0 fully saturated rings. The van der Waals surface area contributed by atoms with E-state index in [0.717, 1.165) is 30.8 Å². The third-order valence-electron chi connectivity index (χ3n) is 3.00. The Morgan fingerprint density at radius 3 is 2.70 bits per heavy atom. The minimum atomic E-state index is -0.926. The minimum Gasteiger partial charge on any atom is -0.383 e. The van der Waals surface area contributed by atoms with Crippen LogP contribution in [0.4, 0.5) is 14.6 Å². The molecule has 2 N–H and O–H groups in total. The average molecular weight is 275 g/mol. The smallest absolute Gasteiger partial charge is 0.159 e. The van der Waals surface area contributed by atoms with Gasteiger partial charge in [0.25, 0.3) is 0 Å². The summed E-state index contributed by atoms with van der Waals surface area (Å²) >= 11 is 0. The van der Waals surface area contributed by atoms with E-state index in [1.54, 1.807) is 4.57 Å². The Balaban J connectivity index is 2.54. The van der Waals surface area contributed by atoms with E-state index < -0.39 is 11.6 Å². The van der Waals surface area contributed by atoms with Crippen LogP contribution < -0.4 is 5.73 Å². The van der Waals surface area contributed by atoms with Crippen molar-refractivity contribution in [3.63, 3.8) is 0 Å². The summed E-state index contributed by atoms with van der Waals surface area (Å²) in [6, 6.07) is 3.60. The molecule has 20 heavy (non-hydrogen) atoms. The SMILES string of the molecule is C#CCn1c(CCC)nc(-c2ccc(F)c(F)c2)c1N. The van der Waals surface area contributed by atoms with Crippen LogP contribution >= 0.6 is 0 Å². The normalized spacial score (nSPS) is 10.5. The molecule has 1 aromatic carbocycles. The second-order valence-electron chi connectivity index (χ2n) is 4.43. The summed E-state index contributed by atoms with van der Waals surface area (Å²) < 4.78 is 28.0. The fourth-order valence-corrected chi connectivity index (χ4v) is 2.05. The molecule has 0 atom stereocenters. The van der Waals surface area contributed by atoms with Gasteiger partial charge in [0.1, 0.15) is 17.3 Å². The highest BCUT2D eigenvalue weighted by molar-refractivity contribution is 5.71. The van der Waals surface area contributed by atoms with Crippen LogP contribution in [-0.4, -0.2) is 9.55 Å². The van der Waals surface area contributed by atoms with Gasteiger partial charge in [-0.05, 0) is 24.6 Å². The van der Waals surface area contributed by atoms with E-state index in [9.17, 15) is 8.78 Å². The van der Waals surface area contributed by atoms with E-state index in [-0.39, 0.29) is 0 Å². The first-order valence-electron chi connectivity index (χ1n) is 6.32. The summed E-state index contributed by atoms with van der Waals surface area (Å²) in [4.78, 5) is 4.41. The molecule has 0 aliphatic rings. The number of anilines is 1. The molecule has 104 valence electrons. The Kier molecular flexibility index (Phi) is 4.04. The molecule has 0 spiro atoms. The summed E-state index contributed by atoms with van der Waals surface area (Å²) in [6.07, 6.45) is 6.93. The molecule has 0 bridgehead atoms. The standard InChI is InChI=1S/C15H15F2N3/c1-3-5-13-19-14(15(18)20(13)8-4-2)10-6-7-11(16)12(17)9-10/h2,6-7,9H,3,5,8,18H2,1H3. The summed E-state index contributed by atoms with van der Waals surface area (Å²) in [5.74, 6) is 1.82. The highest BCUT2D eigenvalue weighted by Crippen LogP contribution is 2.28. The van der Waals surface area contributed by atoms with Gasteiger partial charge in [0.2, 0.25) is 0 Å². The van der Waals surface area contributed by atoms with Crippen molar-refractivity contribution in [3.05, 3.63) is 35.7 Å². The van der Waals surface area contributed by atoms with Crippen molar-refractivity contribution in [3.8, 4) is 23.6 Å². The number of aryl methyl sites for hydroxylation is 1. The number of hydrogen-bond donors (Lipinski definition) is 1. The molecule has 1 heterocycles. The lowest BCUT2D eigenvalue weighted by molar-refractivity contribution is 0.509. The van der Waals surface area contributed by atoms with E-state index in [4.69, 9.17) is 12.2 Å². The van der Waals surface area contributed by atoms with Crippen molar-refractivity contribution in [2.45, 2.75) is 26.3 Å². The molecule has 0 amide bonds. The van der Waals surface area contributed by atoms with Gasteiger partial charge in [-0.3, -0.25) is 0 Å². The summed E-state index contributed by atoms with van der Waals surface area (Å²) in [5.41, 5.74) is 6.90. The second kappa shape index (κ2) is 5.74. The number of nitrogen functional groups attached to an aromatic ring is 1. The number of halogens is 2. The number of imidazole rings is 1. The van der Waals surface area contributed by atoms with Gasteiger partial charge in [0.15, 0.2) is 11.6 Å². The van der Waals surface area contributed by atoms with Crippen molar-refractivity contribution in [1.82, 2.24) is 9.55 Å². The Hall–Kier alpha value is -2.35. The van der Waals surface area contributed by atoms with Gasteiger partial charge in [-0.1, -0.05) is 12.8 Å². The van der Waals surface area contributed by atoms with Crippen LogP contribution in [0.2, 0.25) is 0 Å². The first kappa shape index (κ1) is 14.1. The van der Waals surface area contributed by atoms with Crippen molar-refractivity contribution in [1.29, 1.82) is 0 Å². The number of aromatic nitrogens is 2. The van der Waals surface area contributed by atoms with Crippen LogP contribution in [0.15, 0.2) is 18.2 Å². The van der Waals surface area contributed by atoms with Crippen molar-refractivity contribution in [2.75, 3.05) is 5.73 Å². The Bertz CT molecular complexity index is 668. The van der Waals surface area contributed by atoms with Gasteiger partial charge >= 0.3 is 0 Å². The number of hydrogen-bond acceptors (Lipinski definition) is 2. The predicted molar refractivity (Wildman–Crippen MR) is 74.8 cm³/mol. The van der Waals surface area contributed by atoms with Crippen LogP contribution in [0.5, 0.6) is 0 Å². The van der Waals surface area contributed by atoms with Crippen LogP contribution in [0.3, 0.4) is 0 Å². The highest BCUT2D eigenvalue weighted by Gasteiger charge is 2.16.